The average Bonchev–Trinajstić information content (AvgIpc) is 2.12. The van der Waals surface area contributed by atoms with Crippen LogP contribution in [0.15, 0.2) is 12.1 Å². The molecule has 0 radical (unpaired) electrons. The van der Waals surface area contributed by atoms with Crippen LogP contribution in [0.25, 0.3) is 0 Å². The maximum Gasteiger partial charge on any atom is 0.337 e. The molecular weight excluding hydrogens is 234 g/mol. The zero-order valence-corrected chi connectivity index (χ0v) is 8.18. The number of hydrogen-bond acceptors (Lipinski definition) is 2. The molecule has 0 saturated heterocycles. The lowest BCUT2D eigenvalue weighted by molar-refractivity contribution is -0.147. The lowest BCUT2D eigenvalue weighted by atomic mass is 10.1. The third kappa shape index (κ3) is 1.97. The first-order valence-corrected chi connectivity index (χ1v) is 4.25. The molecule has 0 unspecified atom stereocenters. The predicted molar refractivity (Wildman–Crippen MR) is 49.0 cm³/mol. The number of aliphatic carboxylic acids is 1. The fourth-order valence-electron chi connectivity index (χ4n) is 0.917. The third-order valence-electron chi connectivity index (χ3n) is 1.59. The zero-order valence-electron chi connectivity index (χ0n) is 6.67. The van der Waals surface area contributed by atoms with Gasteiger partial charge in [0.25, 0.3) is 0 Å². The van der Waals surface area contributed by atoms with Gasteiger partial charge in [0.05, 0.1) is 10.0 Å². The molecule has 1 aromatic rings. The molecule has 0 fully saturated rings. The van der Waals surface area contributed by atoms with Crippen molar-refractivity contribution in [2.75, 3.05) is 0 Å². The first-order valence-electron chi connectivity index (χ1n) is 3.49. The van der Waals surface area contributed by atoms with Gasteiger partial charge in [-0.1, -0.05) is 23.2 Å². The van der Waals surface area contributed by atoms with Crippen molar-refractivity contribution >= 4 is 29.2 Å². The second-order valence-electron chi connectivity index (χ2n) is 2.50. The van der Waals surface area contributed by atoms with Gasteiger partial charge in [-0.25, -0.2) is 9.18 Å². The number of aliphatic hydroxyl groups excluding tert-OH is 1. The number of aliphatic hydroxyl groups is 1. The van der Waals surface area contributed by atoms with Gasteiger partial charge in [-0.05, 0) is 12.1 Å². The Balaban J connectivity index is 3.32. The van der Waals surface area contributed by atoms with Crippen LogP contribution < -0.4 is 0 Å². The quantitative estimate of drug-likeness (QED) is 0.778. The smallest absolute Gasteiger partial charge is 0.337 e. The molecule has 1 rings (SSSR count). The highest BCUT2D eigenvalue weighted by atomic mass is 35.5. The van der Waals surface area contributed by atoms with E-state index in [0.717, 1.165) is 0 Å². The summed E-state index contributed by atoms with van der Waals surface area (Å²) in [7, 11) is 0. The van der Waals surface area contributed by atoms with Gasteiger partial charge in [0.2, 0.25) is 0 Å². The lowest BCUT2D eigenvalue weighted by Gasteiger charge is -2.09. The van der Waals surface area contributed by atoms with Crippen molar-refractivity contribution in [2.45, 2.75) is 6.10 Å². The highest BCUT2D eigenvalue weighted by molar-refractivity contribution is 6.33. The van der Waals surface area contributed by atoms with Gasteiger partial charge in [-0.3, -0.25) is 0 Å². The van der Waals surface area contributed by atoms with E-state index >= 15 is 0 Å². The summed E-state index contributed by atoms with van der Waals surface area (Å²) >= 11 is 10.9. The minimum atomic E-state index is -2.01. The lowest BCUT2D eigenvalue weighted by Crippen LogP contribution is -2.13. The summed E-state index contributed by atoms with van der Waals surface area (Å²) in [5, 5.41) is 17.1. The van der Waals surface area contributed by atoms with Crippen LogP contribution in [0.4, 0.5) is 4.39 Å². The van der Waals surface area contributed by atoms with Gasteiger partial charge in [-0.15, -0.1) is 0 Å². The molecule has 0 aliphatic heterocycles. The molecular formula is C8H5Cl2FO3. The molecule has 0 spiro atoms. The molecule has 0 saturated carbocycles. The normalized spacial score (nSPS) is 12.6. The van der Waals surface area contributed by atoms with Crippen LogP contribution in [-0.4, -0.2) is 16.2 Å². The van der Waals surface area contributed by atoms with E-state index in [1.807, 2.05) is 0 Å². The van der Waals surface area contributed by atoms with Crippen molar-refractivity contribution < 1.29 is 19.4 Å². The van der Waals surface area contributed by atoms with Crippen LogP contribution in [0.1, 0.15) is 11.7 Å². The third-order valence-corrected chi connectivity index (χ3v) is 2.21. The van der Waals surface area contributed by atoms with Crippen molar-refractivity contribution in [2.24, 2.45) is 0 Å². The standard InChI is InChI=1S/C8H5Cl2FO3/c9-3-1-2-4(10)6(11)5(3)7(12)8(13)14/h1-2,7,12H,(H,13,14)/t7-/m1/s1. The number of hydrogen-bond donors (Lipinski definition) is 2. The summed E-state index contributed by atoms with van der Waals surface area (Å²) in [5.41, 5.74) is -0.522. The number of carboxylic acids is 1. The molecule has 6 heteroatoms. The summed E-state index contributed by atoms with van der Waals surface area (Å²) in [6, 6.07) is 2.39. The maximum atomic E-state index is 13.2. The van der Waals surface area contributed by atoms with E-state index in [4.69, 9.17) is 33.4 Å². The molecule has 0 aliphatic rings. The molecule has 0 bridgehead atoms. The molecule has 0 heterocycles. The Bertz CT molecular complexity index is 381. The van der Waals surface area contributed by atoms with E-state index in [1.54, 1.807) is 0 Å². The summed E-state index contributed by atoms with van der Waals surface area (Å²) < 4.78 is 13.2. The predicted octanol–water partition coefficient (Wildman–Crippen LogP) is 2.25. The van der Waals surface area contributed by atoms with Crippen molar-refractivity contribution in [3.05, 3.63) is 33.6 Å². The molecule has 1 aromatic carbocycles. The van der Waals surface area contributed by atoms with Crippen molar-refractivity contribution in [1.29, 1.82) is 0 Å². The van der Waals surface area contributed by atoms with E-state index in [0.29, 0.717) is 0 Å². The number of carbonyl (C=O) groups is 1. The first-order chi connectivity index (χ1) is 6.45. The van der Waals surface area contributed by atoms with Crippen LogP contribution in [0.3, 0.4) is 0 Å². The van der Waals surface area contributed by atoms with Gasteiger partial charge in [0, 0.05) is 5.56 Å². The Morgan fingerprint density at radius 3 is 2.36 bits per heavy atom. The Morgan fingerprint density at radius 2 is 1.86 bits per heavy atom. The Labute approximate surface area is 88.7 Å². The highest BCUT2D eigenvalue weighted by Crippen LogP contribution is 2.30. The molecule has 76 valence electrons. The van der Waals surface area contributed by atoms with Gasteiger partial charge in [-0.2, -0.15) is 0 Å². The molecule has 3 nitrogen and oxygen atoms in total. The fraction of sp³-hybridized carbons (Fsp3) is 0.125. The van der Waals surface area contributed by atoms with Crippen LogP contribution in [-0.2, 0) is 4.79 Å². The number of benzene rings is 1. The number of halogens is 3. The SMILES string of the molecule is O=C(O)[C@H](O)c1c(Cl)ccc(Cl)c1F. The van der Waals surface area contributed by atoms with Crippen molar-refractivity contribution in [1.82, 2.24) is 0 Å². The second-order valence-corrected chi connectivity index (χ2v) is 3.31. The molecule has 0 aromatic heterocycles. The Kier molecular flexibility index (Phi) is 3.31. The Morgan fingerprint density at radius 1 is 1.36 bits per heavy atom. The van der Waals surface area contributed by atoms with E-state index < -0.39 is 23.5 Å². The van der Waals surface area contributed by atoms with Crippen LogP contribution in [0.5, 0.6) is 0 Å². The first kappa shape index (κ1) is 11.2. The fourth-order valence-corrected chi connectivity index (χ4v) is 1.33. The van der Waals surface area contributed by atoms with Crippen LogP contribution >= 0.6 is 23.2 Å². The van der Waals surface area contributed by atoms with E-state index in [9.17, 15) is 9.18 Å². The number of carboxylic acid groups (broad SMARTS) is 1. The molecule has 2 N–H and O–H groups in total. The highest BCUT2D eigenvalue weighted by Gasteiger charge is 2.24. The zero-order chi connectivity index (χ0) is 10.9. The second kappa shape index (κ2) is 4.13. The van der Waals surface area contributed by atoms with E-state index in [1.165, 1.54) is 12.1 Å². The summed E-state index contributed by atoms with van der Waals surface area (Å²) in [4.78, 5) is 10.4. The monoisotopic (exact) mass is 238 g/mol. The number of rotatable bonds is 2. The average molecular weight is 239 g/mol. The summed E-state index contributed by atoms with van der Waals surface area (Å²) in [5.74, 6) is -2.61. The summed E-state index contributed by atoms with van der Waals surface area (Å²) in [6.07, 6.45) is -2.01. The molecule has 0 aliphatic carbocycles. The van der Waals surface area contributed by atoms with Crippen LogP contribution in [0, 0.1) is 5.82 Å². The minimum Gasteiger partial charge on any atom is -0.479 e. The summed E-state index contributed by atoms with van der Waals surface area (Å²) in [6.45, 7) is 0. The molecule has 0 amide bonds. The van der Waals surface area contributed by atoms with Gasteiger partial charge >= 0.3 is 5.97 Å². The van der Waals surface area contributed by atoms with Crippen molar-refractivity contribution in [3.8, 4) is 0 Å². The largest absolute Gasteiger partial charge is 0.479 e. The molecule has 14 heavy (non-hydrogen) atoms. The van der Waals surface area contributed by atoms with Gasteiger partial charge < -0.3 is 10.2 Å². The minimum absolute atomic E-state index is 0.179. The van der Waals surface area contributed by atoms with Crippen molar-refractivity contribution in [3.63, 3.8) is 0 Å². The van der Waals surface area contributed by atoms with E-state index in [2.05, 4.69) is 0 Å². The van der Waals surface area contributed by atoms with Crippen LogP contribution in [0.2, 0.25) is 10.0 Å². The van der Waals surface area contributed by atoms with Gasteiger partial charge in [0.1, 0.15) is 5.82 Å². The molecule has 1 atom stereocenters. The topological polar surface area (TPSA) is 57.5 Å². The Hall–Kier alpha value is -0.840. The van der Waals surface area contributed by atoms with E-state index in [-0.39, 0.29) is 10.0 Å². The maximum absolute atomic E-state index is 13.2. The van der Waals surface area contributed by atoms with Gasteiger partial charge in [0.15, 0.2) is 6.10 Å².